The Labute approximate surface area is 154 Å². The third kappa shape index (κ3) is 3.85. The topological polar surface area (TPSA) is 74.3 Å². The molecular formula is C18H19FN4O2S. The number of aromatic nitrogens is 1. The number of carbonyl (C=O) groups is 2. The molecule has 4 rings (SSSR count). The van der Waals surface area contributed by atoms with E-state index in [0.29, 0.717) is 31.2 Å². The maximum Gasteiger partial charge on any atom is 0.318 e. The second-order valence-corrected chi connectivity index (χ2v) is 7.69. The number of anilines is 1. The minimum atomic E-state index is -0.293. The zero-order valence-electron chi connectivity index (χ0n) is 14.1. The van der Waals surface area contributed by atoms with E-state index in [2.05, 4.69) is 15.6 Å². The van der Waals surface area contributed by atoms with E-state index in [0.717, 1.165) is 29.0 Å². The quantitative estimate of drug-likeness (QED) is 0.864. The molecule has 0 atom stereocenters. The van der Waals surface area contributed by atoms with Crippen LogP contribution in [-0.4, -0.2) is 28.4 Å². The first-order valence-corrected chi connectivity index (χ1v) is 9.47. The summed E-state index contributed by atoms with van der Waals surface area (Å²) in [7, 11) is 0. The van der Waals surface area contributed by atoms with Gasteiger partial charge in [-0.3, -0.25) is 4.79 Å². The highest BCUT2D eigenvalue weighted by Crippen LogP contribution is 2.32. The fourth-order valence-corrected chi connectivity index (χ4v) is 3.89. The minimum Gasteiger partial charge on any atom is -0.334 e. The van der Waals surface area contributed by atoms with E-state index in [-0.39, 0.29) is 23.7 Å². The van der Waals surface area contributed by atoms with Crippen LogP contribution < -0.4 is 10.6 Å². The molecule has 2 heterocycles. The second-order valence-electron chi connectivity index (χ2n) is 6.61. The Hall–Kier alpha value is -2.48. The first kappa shape index (κ1) is 17.0. The molecule has 0 unspecified atom stereocenters. The number of urea groups is 1. The number of amides is 3. The molecule has 6 nitrogen and oxygen atoms in total. The van der Waals surface area contributed by atoms with Gasteiger partial charge in [-0.25, -0.2) is 14.2 Å². The maximum atomic E-state index is 12.9. The van der Waals surface area contributed by atoms with E-state index in [1.165, 1.54) is 23.5 Å². The first-order valence-electron chi connectivity index (χ1n) is 8.65. The summed E-state index contributed by atoms with van der Waals surface area (Å²) in [6.45, 7) is 1.43. The normalized spacial score (nSPS) is 16.1. The van der Waals surface area contributed by atoms with Gasteiger partial charge in [-0.1, -0.05) is 23.5 Å². The number of nitrogens with zero attached hydrogens (tertiary/aromatic N) is 2. The van der Waals surface area contributed by atoms with Crippen molar-refractivity contribution in [3.8, 4) is 0 Å². The van der Waals surface area contributed by atoms with Crippen LogP contribution in [0, 0.1) is 11.7 Å². The van der Waals surface area contributed by atoms with Gasteiger partial charge < -0.3 is 15.5 Å². The summed E-state index contributed by atoms with van der Waals surface area (Å²) in [5.74, 6) is -0.104. The monoisotopic (exact) mass is 374 g/mol. The van der Waals surface area contributed by atoms with E-state index in [9.17, 15) is 14.0 Å². The molecule has 1 fully saturated rings. The molecule has 8 heteroatoms. The molecule has 0 bridgehead atoms. The Balaban J connectivity index is 1.33. The van der Waals surface area contributed by atoms with Gasteiger partial charge in [-0.15, -0.1) is 0 Å². The van der Waals surface area contributed by atoms with Gasteiger partial charge in [-0.05, 0) is 30.5 Å². The Kier molecular flexibility index (Phi) is 4.58. The fraction of sp³-hybridized carbons (Fsp3) is 0.389. The predicted octanol–water partition coefficient (Wildman–Crippen LogP) is 2.90. The van der Waals surface area contributed by atoms with Crippen molar-refractivity contribution in [3.63, 3.8) is 0 Å². The van der Waals surface area contributed by atoms with Crippen molar-refractivity contribution < 1.29 is 14.0 Å². The number of halogens is 1. The maximum absolute atomic E-state index is 12.9. The van der Waals surface area contributed by atoms with Crippen LogP contribution in [0.5, 0.6) is 0 Å². The standard InChI is InChI=1S/C18H19FN4O2S/c19-13-5-1-11(2-6-13)9-20-18(25)23-8-7-14-15(10-23)26-17(21-14)22-16(24)12-3-4-12/h1-2,5-6,12H,3-4,7-10H2,(H,20,25)(H,21,22,24). The zero-order valence-corrected chi connectivity index (χ0v) is 14.9. The largest absolute Gasteiger partial charge is 0.334 e. The van der Waals surface area contributed by atoms with Crippen LogP contribution in [-0.2, 0) is 24.3 Å². The number of nitrogens with one attached hydrogen (secondary N) is 2. The highest BCUT2D eigenvalue weighted by molar-refractivity contribution is 7.15. The number of hydrogen-bond donors (Lipinski definition) is 2. The molecule has 26 heavy (non-hydrogen) atoms. The van der Waals surface area contributed by atoms with Crippen molar-refractivity contribution in [3.05, 3.63) is 46.2 Å². The number of hydrogen-bond acceptors (Lipinski definition) is 4. The summed E-state index contributed by atoms with van der Waals surface area (Å²) in [6, 6.07) is 5.91. The number of rotatable bonds is 4. The molecule has 2 aliphatic rings. The van der Waals surface area contributed by atoms with Gasteiger partial charge in [0.2, 0.25) is 5.91 Å². The van der Waals surface area contributed by atoms with E-state index in [1.54, 1.807) is 17.0 Å². The summed E-state index contributed by atoms with van der Waals surface area (Å²) >= 11 is 1.44. The lowest BCUT2D eigenvalue weighted by atomic mass is 10.2. The lowest BCUT2D eigenvalue weighted by Crippen LogP contribution is -2.42. The van der Waals surface area contributed by atoms with E-state index < -0.39 is 0 Å². The van der Waals surface area contributed by atoms with Crippen LogP contribution in [0.25, 0.3) is 0 Å². The number of thiazole rings is 1. The Morgan fingerprint density at radius 2 is 2.04 bits per heavy atom. The molecular weight excluding hydrogens is 355 g/mol. The highest BCUT2D eigenvalue weighted by Gasteiger charge is 2.31. The number of carbonyl (C=O) groups excluding carboxylic acids is 2. The van der Waals surface area contributed by atoms with Gasteiger partial charge in [0.25, 0.3) is 0 Å². The van der Waals surface area contributed by atoms with Crippen molar-refractivity contribution in [2.75, 3.05) is 11.9 Å². The average molecular weight is 374 g/mol. The van der Waals surface area contributed by atoms with Gasteiger partial charge in [0.05, 0.1) is 12.2 Å². The number of benzene rings is 1. The minimum absolute atomic E-state index is 0.0463. The van der Waals surface area contributed by atoms with Crippen molar-refractivity contribution in [1.29, 1.82) is 0 Å². The summed E-state index contributed by atoms with van der Waals surface area (Å²) in [6.07, 6.45) is 2.59. The molecule has 0 radical (unpaired) electrons. The molecule has 2 N–H and O–H groups in total. The molecule has 1 aliphatic heterocycles. The van der Waals surface area contributed by atoms with E-state index in [4.69, 9.17) is 0 Å². The molecule has 1 aromatic carbocycles. The highest BCUT2D eigenvalue weighted by atomic mass is 32.1. The molecule has 1 aliphatic carbocycles. The zero-order chi connectivity index (χ0) is 18.1. The molecule has 2 aromatic rings. The van der Waals surface area contributed by atoms with Crippen LogP contribution in [0.4, 0.5) is 14.3 Å². The van der Waals surface area contributed by atoms with Gasteiger partial charge in [0.15, 0.2) is 5.13 Å². The van der Waals surface area contributed by atoms with Crippen LogP contribution in [0.1, 0.15) is 29.0 Å². The van der Waals surface area contributed by atoms with Crippen LogP contribution in [0.2, 0.25) is 0 Å². The van der Waals surface area contributed by atoms with Gasteiger partial charge in [0, 0.05) is 30.3 Å². The Bertz CT molecular complexity index is 832. The smallest absolute Gasteiger partial charge is 0.318 e. The SMILES string of the molecule is O=C(Nc1nc2c(s1)CN(C(=O)NCc1ccc(F)cc1)CC2)C1CC1. The third-order valence-corrected chi connectivity index (χ3v) is 5.55. The lowest BCUT2D eigenvalue weighted by molar-refractivity contribution is -0.117. The van der Waals surface area contributed by atoms with Gasteiger partial charge in [0.1, 0.15) is 5.82 Å². The molecule has 136 valence electrons. The molecule has 0 saturated heterocycles. The summed E-state index contributed by atoms with van der Waals surface area (Å²) < 4.78 is 12.9. The third-order valence-electron chi connectivity index (χ3n) is 4.55. The Morgan fingerprint density at radius 1 is 1.27 bits per heavy atom. The Morgan fingerprint density at radius 3 is 2.77 bits per heavy atom. The second kappa shape index (κ2) is 7.03. The summed E-state index contributed by atoms with van der Waals surface area (Å²) in [5.41, 5.74) is 1.81. The van der Waals surface area contributed by atoms with Crippen LogP contribution in [0.15, 0.2) is 24.3 Å². The predicted molar refractivity (Wildman–Crippen MR) is 96.2 cm³/mol. The number of fused-ring (bicyclic) bond motifs is 1. The van der Waals surface area contributed by atoms with E-state index >= 15 is 0 Å². The van der Waals surface area contributed by atoms with E-state index in [1.807, 2.05) is 0 Å². The first-order chi connectivity index (χ1) is 12.6. The molecule has 1 aromatic heterocycles. The molecule has 0 spiro atoms. The van der Waals surface area contributed by atoms with Crippen molar-refractivity contribution in [2.24, 2.45) is 5.92 Å². The van der Waals surface area contributed by atoms with Crippen LogP contribution in [0.3, 0.4) is 0 Å². The molecule has 3 amide bonds. The summed E-state index contributed by atoms with van der Waals surface area (Å²) in [5, 5.41) is 6.36. The van der Waals surface area contributed by atoms with Crippen molar-refractivity contribution in [1.82, 2.24) is 15.2 Å². The molecule has 1 saturated carbocycles. The van der Waals surface area contributed by atoms with Gasteiger partial charge in [-0.2, -0.15) is 0 Å². The lowest BCUT2D eigenvalue weighted by Gasteiger charge is -2.26. The van der Waals surface area contributed by atoms with Gasteiger partial charge >= 0.3 is 6.03 Å². The fourth-order valence-electron chi connectivity index (χ4n) is 2.87. The van der Waals surface area contributed by atoms with Crippen LogP contribution >= 0.6 is 11.3 Å². The van der Waals surface area contributed by atoms with Crippen molar-refractivity contribution in [2.45, 2.75) is 32.4 Å². The summed E-state index contributed by atoms with van der Waals surface area (Å²) in [4.78, 5) is 31.5. The average Bonchev–Trinajstić information content (AvgIpc) is 3.41. The van der Waals surface area contributed by atoms with Crippen molar-refractivity contribution >= 4 is 28.4 Å².